The maximum atomic E-state index is 12.4. The van der Waals surface area contributed by atoms with Gasteiger partial charge in [0.2, 0.25) is 0 Å². The maximum Gasteiger partial charge on any atom is 0.321 e. The largest absolute Gasteiger partial charge is 0.391 e. The van der Waals surface area contributed by atoms with Gasteiger partial charge in [-0.1, -0.05) is 12.8 Å². The second-order valence-electron chi connectivity index (χ2n) is 6.60. The van der Waals surface area contributed by atoms with E-state index in [1.807, 2.05) is 35.4 Å². The Balaban J connectivity index is 1.49. The topological polar surface area (TPSA) is 55.8 Å². The van der Waals surface area contributed by atoms with Gasteiger partial charge in [0.05, 0.1) is 6.10 Å². The number of carbonyl (C=O) groups excluding carboxylic acids is 1. The number of piperazine rings is 1. The van der Waals surface area contributed by atoms with Gasteiger partial charge in [-0.15, -0.1) is 11.8 Å². The van der Waals surface area contributed by atoms with E-state index in [4.69, 9.17) is 0 Å². The van der Waals surface area contributed by atoms with Gasteiger partial charge in [0, 0.05) is 42.8 Å². The highest BCUT2D eigenvalue weighted by Gasteiger charge is 2.31. The molecule has 1 aliphatic carbocycles. The summed E-state index contributed by atoms with van der Waals surface area (Å²) in [5.41, 5.74) is 0.836. The van der Waals surface area contributed by atoms with E-state index in [9.17, 15) is 9.90 Å². The SMILES string of the molecule is CSc1ccc(NC(=O)N2CCN([C@@H]3CCCC[C@H]3O)CC2)cc1. The zero-order chi connectivity index (χ0) is 16.9. The molecule has 1 aromatic carbocycles. The predicted molar refractivity (Wildman–Crippen MR) is 98.7 cm³/mol. The normalized spacial score (nSPS) is 25.5. The van der Waals surface area contributed by atoms with Crippen molar-refractivity contribution in [2.75, 3.05) is 37.8 Å². The van der Waals surface area contributed by atoms with E-state index in [1.54, 1.807) is 11.8 Å². The number of aliphatic hydroxyl groups excluding tert-OH is 1. The van der Waals surface area contributed by atoms with Crippen molar-refractivity contribution < 1.29 is 9.90 Å². The Labute approximate surface area is 148 Å². The van der Waals surface area contributed by atoms with Crippen LogP contribution in [0.5, 0.6) is 0 Å². The summed E-state index contributed by atoms with van der Waals surface area (Å²) >= 11 is 1.69. The summed E-state index contributed by atoms with van der Waals surface area (Å²) in [5, 5.41) is 13.2. The Bertz CT molecular complexity index is 544. The lowest BCUT2D eigenvalue weighted by atomic mass is 9.91. The lowest BCUT2D eigenvalue weighted by molar-refractivity contribution is 0.00275. The Kier molecular flexibility index (Phi) is 6.03. The molecule has 2 N–H and O–H groups in total. The first-order chi connectivity index (χ1) is 11.7. The molecule has 1 saturated carbocycles. The van der Waals surface area contributed by atoms with Gasteiger partial charge in [0.25, 0.3) is 0 Å². The number of aliphatic hydroxyl groups is 1. The van der Waals surface area contributed by atoms with Crippen LogP contribution in [0.3, 0.4) is 0 Å². The minimum Gasteiger partial charge on any atom is -0.391 e. The first-order valence-corrected chi connectivity index (χ1v) is 10.0. The maximum absolute atomic E-state index is 12.4. The van der Waals surface area contributed by atoms with Crippen molar-refractivity contribution in [2.24, 2.45) is 0 Å². The number of hydrogen-bond acceptors (Lipinski definition) is 4. The van der Waals surface area contributed by atoms with Crippen molar-refractivity contribution >= 4 is 23.5 Å². The minimum atomic E-state index is -0.200. The molecule has 3 rings (SSSR count). The van der Waals surface area contributed by atoms with Crippen molar-refractivity contribution in [3.8, 4) is 0 Å². The summed E-state index contributed by atoms with van der Waals surface area (Å²) in [4.78, 5) is 17.8. The molecule has 0 radical (unpaired) electrons. The third-order valence-electron chi connectivity index (χ3n) is 5.11. The third kappa shape index (κ3) is 4.23. The fourth-order valence-corrected chi connectivity index (χ4v) is 4.06. The van der Waals surface area contributed by atoms with Gasteiger partial charge >= 0.3 is 6.03 Å². The summed E-state index contributed by atoms with van der Waals surface area (Å²) in [6, 6.07) is 8.17. The highest BCUT2D eigenvalue weighted by molar-refractivity contribution is 7.98. The third-order valence-corrected chi connectivity index (χ3v) is 5.85. The molecule has 132 valence electrons. The number of carbonyl (C=O) groups is 1. The van der Waals surface area contributed by atoms with E-state index >= 15 is 0 Å². The average Bonchev–Trinajstić information content (AvgIpc) is 2.63. The molecule has 5 nitrogen and oxygen atoms in total. The predicted octanol–water partition coefficient (Wildman–Crippen LogP) is 2.86. The molecule has 2 amide bonds. The zero-order valence-electron chi connectivity index (χ0n) is 14.3. The van der Waals surface area contributed by atoms with Crippen LogP contribution in [0, 0.1) is 0 Å². The highest BCUT2D eigenvalue weighted by Crippen LogP contribution is 2.24. The van der Waals surface area contributed by atoms with Gasteiger partial charge in [-0.25, -0.2) is 4.79 Å². The molecule has 24 heavy (non-hydrogen) atoms. The minimum absolute atomic E-state index is 0.0317. The van der Waals surface area contributed by atoms with Gasteiger partial charge in [-0.3, -0.25) is 4.90 Å². The van der Waals surface area contributed by atoms with Crippen molar-refractivity contribution in [1.82, 2.24) is 9.80 Å². The van der Waals surface area contributed by atoms with Gasteiger partial charge in [-0.05, 0) is 43.4 Å². The number of hydrogen-bond donors (Lipinski definition) is 2. The van der Waals surface area contributed by atoms with Crippen LogP contribution < -0.4 is 5.32 Å². The van der Waals surface area contributed by atoms with Crippen LogP contribution in [0.2, 0.25) is 0 Å². The number of benzene rings is 1. The molecule has 2 fully saturated rings. The van der Waals surface area contributed by atoms with Crippen LogP contribution in [0.25, 0.3) is 0 Å². The molecule has 0 bridgehead atoms. The van der Waals surface area contributed by atoms with Crippen molar-refractivity contribution in [3.63, 3.8) is 0 Å². The zero-order valence-corrected chi connectivity index (χ0v) is 15.1. The number of amides is 2. The summed E-state index contributed by atoms with van der Waals surface area (Å²) in [6.45, 7) is 3.14. The Hall–Kier alpha value is -1.24. The van der Waals surface area contributed by atoms with Crippen LogP contribution in [-0.2, 0) is 0 Å². The van der Waals surface area contributed by atoms with Crippen molar-refractivity contribution in [2.45, 2.75) is 42.7 Å². The monoisotopic (exact) mass is 349 g/mol. The lowest BCUT2D eigenvalue weighted by Gasteiger charge is -2.42. The molecule has 2 aliphatic rings. The Morgan fingerprint density at radius 1 is 1.12 bits per heavy atom. The van der Waals surface area contributed by atoms with E-state index in [0.29, 0.717) is 0 Å². The van der Waals surface area contributed by atoms with Crippen LogP contribution in [0.4, 0.5) is 10.5 Å². The molecule has 2 atom stereocenters. The first-order valence-electron chi connectivity index (χ1n) is 8.79. The summed E-state index contributed by atoms with van der Waals surface area (Å²) in [6.07, 6.45) is 6.17. The van der Waals surface area contributed by atoms with Crippen molar-refractivity contribution in [1.29, 1.82) is 0 Å². The molecule has 1 saturated heterocycles. The van der Waals surface area contributed by atoms with Gasteiger partial charge in [0.15, 0.2) is 0 Å². The second-order valence-corrected chi connectivity index (χ2v) is 7.48. The van der Waals surface area contributed by atoms with E-state index in [0.717, 1.165) is 51.1 Å². The lowest BCUT2D eigenvalue weighted by Crippen LogP contribution is -2.56. The quantitative estimate of drug-likeness (QED) is 0.824. The number of nitrogens with zero attached hydrogens (tertiary/aromatic N) is 2. The van der Waals surface area contributed by atoms with Gasteiger partial charge in [-0.2, -0.15) is 0 Å². The molecule has 0 spiro atoms. The fourth-order valence-electron chi connectivity index (χ4n) is 3.65. The number of nitrogens with one attached hydrogen (secondary N) is 1. The fraction of sp³-hybridized carbons (Fsp3) is 0.611. The van der Waals surface area contributed by atoms with Crippen molar-refractivity contribution in [3.05, 3.63) is 24.3 Å². The van der Waals surface area contributed by atoms with Gasteiger partial charge in [0.1, 0.15) is 0 Å². The van der Waals surface area contributed by atoms with Crippen LogP contribution in [0.1, 0.15) is 25.7 Å². The summed E-state index contributed by atoms with van der Waals surface area (Å²) in [5.74, 6) is 0. The molecule has 0 unspecified atom stereocenters. The smallest absolute Gasteiger partial charge is 0.321 e. The molecular weight excluding hydrogens is 322 g/mol. The molecule has 1 heterocycles. The van der Waals surface area contributed by atoms with E-state index in [1.165, 1.54) is 11.3 Å². The standard InChI is InChI=1S/C18H27N3O2S/c1-24-15-8-6-14(7-9-15)19-18(23)21-12-10-20(11-13-21)16-4-2-3-5-17(16)22/h6-9,16-17,22H,2-5,10-13H2,1H3,(H,19,23)/t16-,17-/m1/s1. The van der Waals surface area contributed by atoms with E-state index in [-0.39, 0.29) is 18.2 Å². The van der Waals surface area contributed by atoms with Crippen LogP contribution >= 0.6 is 11.8 Å². The van der Waals surface area contributed by atoms with Crippen LogP contribution in [0.15, 0.2) is 29.2 Å². The number of rotatable bonds is 3. The first kappa shape index (κ1) is 17.6. The Morgan fingerprint density at radius 2 is 1.79 bits per heavy atom. The molecule has 0 aromatic heterocycles. The van der Waals surface area contributed by atoms with E-state index in [2.05, 4.69) is 10.2 Å². The van der Waals surface area contributed by atoms with E-state index < -0.39 is 0 Å². The summed E-state index contributed by atoms with van der Waals surface area (Å²) < 4.78 is 0. The second kappa shape index (κ2) is 8.23. The molecule has 1 aliphatic heterocycles. The molecule has 1 aromatic rings. The Morgan fingerprint density at radius 3 is 2.42 bits per heavy atom. The number of thioether (sulfide) groups is 1. The van der Waals surface area contributed by atoms with Crippen LogP contribution in [-0.4, -0.2) is 65.5 Å². The summed E-state index contributed by atoms with van der Waals surface area (Å²) in [7, 11) is 0. The average molecular weight is 350 g/mol. The highest BCUT2D eigenvalue weighted by atomic mass is 32.2. The number of anilines is 1. The number of urea groups is 1. The molecule has 6 heteroatoms. The van der Waals surface area contributed by atoms with Gasteiger partial charge < -0.3 is 15.3 Å². The molecular formula is C18H27N3O2S.